The van der Waals surface area contributed by atoms with Gasteiger partial charge in [0.1, 0.15) is 6.04 Å². The molecule has 9 atom stereocenters. The van der Waals surface area contributed by atoms with Crippen molar-refractivity contribution in [2.75, 3.05) is 6.61 Å². The topological polar surface area (TPSA) is 98.7 Å². The van der Waals surface area contributed by atoms with E-state index in [4.69, 9.17) is 0 Å². The summed E-state index contributed by atoms with van der Waals surface area (Å²) < 4.78 is -0.707. The number of halogens is 1. The van der Waals surface area contributed by atoms with Crippen LogP contribution in [0.5, 0.6) is 0 Å². The fraction of sp³-hybridized carbons (Fsp3) is 0.679. The maximum atomic E-state index is 14.2. The Bertz CT molecular complexity index is 997. The summed E-state index contributed by atoms with van der Waals surface area (Å²) >= 11 is 5.44. The maximum absolute atomic E-state index is 14.2. The van der Waals surface area contributed by atoms with Crippen LogP contribution in [-0.4, -0.2) is 67.3 Å². The normalized spacial score (nSPS) is 32.6. The fourth-order valence-corrected chi connectivity index (χ4v) is 10.2. The quantitative estimate of drug-likeness (QED) is 0.341. The van der Waals surface area contributed by atoms with Crippen molar-refractivity contribution in [2.24, 2.45) is 17.8 Å². The number of alkyl halides is 1. The first-order chi connectivity index (χ1) is 17.7. The van der Waals surface area contributed by atoms with Gasteiger partial charge >= 0.3 is 0 Å². The van der Waals surface area contributed by atoms with Crippen molar-refractivity contribution >= 4 is 45.4 Å². The predicted molar refractivity (Wildman–Crippen MR) is 150 cm³/mol. The Morgan fingerprint density at radius 3 is 2.54 bits per heavy atom. The molecule has 3 aliphatic heterocycles. The van der Waals surface area contributed by atoms with Gasteiger partial charge in [-0.25, -0.2) is 0 Å². The lowest BCUT2D eigenvalue weighted by Gasteiger charge is -2.39. The number of carbonyl (C=O) groups is 3. The molecule has 0 aromatic heterocycles. The zero-order chi connectivity index (χ0) is 26.9. The molecule has 2 bridgehead atoms. The number of aliphatic hydroxyl groups is 1. The fourth-order valence-electron chi connectivity index (χ4n) is 6.57. The lowest BCUT2D eigenvalue weighted by Crippen LogP contribution is -2.59. The molecule has 7 nitrogen and oxygen atoms in total. The highest BCUT2D eigenvalue weighted by atomic mass is 79.9. The average Bonchev–Trinajstić information content (AvgIpc) is 3.47. The molecule has 0 aliphatic carbocycles. The van der Waals surface area contributed by atoms with Gasteiger partial charge in [0, 0.05) is 22.7 Å². The van der Waals surface area contributed by atoms with Crippen LogP contribution in [0.1, 0.15) is 58.9 Å². The molecule has 3 aliphatic rings. The molecule has 9 heteroatoms. The minimum absolute atomic E-state index is 0.0138. The van der Waals surface area contributed by atoms with Crippen molar-refractivity contribution in [3.63, 3.8) is 0 Å². The molecule has 3 N–H and O–H groups in total. The highest BCUT2D eigenvalue weighted by Crippen LogP contribution is 2.68. The number of carbonyl (C=O) groups excluding carboxylic acids is 3. The number of hydrogen-bond acceptors (Lipinski definition) is 5. The second-order valence-electron chi connectivity index (χ2n) is 10.9. The molecule has 3 fully saturated rings. The Balaban J connectivity index is 1.69. The molecule has 3 heterocycles. The van der Waals surface area contributed by atoms with E-state index in [1.54, 1.807) is 16.7 Å². The number of benzene rings is 1. The lowest BCUT2D eigenvalue weighted by atomic mass is 9.70. The van der Waals surface area contributed by atoms with E-state index in [2.05, 4.69) is 33.5 Å². The van der Waals surface area contributed by atoms with Crippen LogP contribution in [0, 0.1) is 17.8 Å². The van der Waals surface area contributed by atoms with Gasteiger partial charge in [0.15, 0.2) is 0 Å². The van der Waals surface area contributed by atoms with Gasteiger partial charge in [-0.2, -0.15) is 0 Å². The van der Waals surface area contributed by atoms with Crippen molar-refractivity contribution in [1.29, 1.82) is 0 Å². The van der Waals surface area contributed by atoms with Crippen LogP contribution in [0.3, 0.4) is 0 Å². The molecule has 1 spiro atoms. The smallest absolute Gasteiger partial charge is 0.244 e. The molecule has 204 valence electrons. The van der Waals surface area contributed by atoms with Gasteiger partial charge in [0.05, 0.1) is 29.2 Å². The summed E-state index contributed by atoms with van der Waals surface area (Å²) in [5, 5.41) is 16.6. The molecule has 0 saturated carbocycles. The van der Waals surface area contributed by atoms with E-state index in [-0.39, 0.29) is 46.4 Å². The SMILES string of the molecule is CCCC(C)NC(=O)C1N([C@@H](CO)[C@@H](C)CC)C(=O)[C@@H]2[C@H](C(=O)NCc3ccccc3)[C@H]3SC12CC3Br. The van der Waals surface area contributed by atoms with Gasteiger partial charge in [-0.1, -0.05) is 79.9 Å². The summed E-state index contributed by atoms with van der Waals surface area (Å²) in [5.41, 5.74) is 0.996. The highest BCUT2D eigenvalue weighted by molar-refractivity contribution is 9.09. The third kappa shape index (κ3) is 5.08. The molecule has 0 radical (unpaired) electrons. The second-order valence-corrected chi connectivity index (χ2v) is 13.7. The Morgan fingerprint density at radius 1 is 1.22 bits per heavy atom. The molecule has 1 aromatic rings. The summed E-state index contributed by atoms with van der Waals surface area (Å²) in [4.78, 5) is 43.5. The van der Waals surface area contributed by atoms with Crippen molar-refractivity contribution in [2.45, 2.75) is 92.9 Å². The summed E-state index contributed by atoms with van der Waals surface area (Å²) in [5.74, 6) is -1.60. The Kier molecular flexibility index (Phi) is 8.96. The zero-order valence-corrected chi connectivity index (χ0v) is 24.6. The van der Waals surface area contributed by atoms with Crippen LogP contribution in [0.15, 0.2) is 30.3 Å². The Labute approximate surface area is 233 Å². The molecule has 4 unspecified atom stereocenters. The van der Waals surface area contributed by atoms with E-state index in [1.165, 1.54) is 0 Å². The first-order valence-corrected chi connectivity index (χ1v) is 15.4. The van der Waals surface area contributed by atoms with E-state index in [0.717, 1.165) is 24.8 Å². The number of fused-ring (bicyclic) bond motifs is 1. The molecular formula is C28H40BrN3O4S. The van der Waals surface area contributed by atoms with Gasteiger partial charge in [-0.3, -0.25) is 14.4 Å². The van der Waals surface area contributed by atoms with Gasteiger partial charge < -0.3 is 20.6 Å². The highest BCUT2D eigenvalue weighted by Gasteiger charge is 2.76. The zero-order valence-electron chi connectivity index (χ0n) is 22.2. The predicted octanol–water partition coefficient (Wildman–Crippen LogP) is 3.48. The molecule has 4 rings (SSSR count). The van der Waals surface area contributed by atoms with E-state index < -0.39 is 28.7 Å². The number of amides is 3. The van der Waals surface area contributed by atoms with Crippen LogP contribution in [0.25, 0.3) is 0 Å². The third-order valence-corrected chi connectivity index (χ3v) is 11.8. The molecular weight excluding hydrogens is 554 g/mol. The summed E-state index contributed by atoms with van der Waals surface area (Å²) in [7, 11) is 0. The summed E-state index contributed by atoms with van der Waals surface area (Å²) in [6.45, 7) is 8.28. The first-order valence-electron chi connectivity index (χ1n) is 13.6. The number of nitrogens with zero attached hydrogens (tertiary/aromatic N) is 1. The summed E-state index contributed by atoms with van der Waals surface area (Å²) in [6, 6.07) is 8.51. The first kappa shape index (κ1) is 28.4. The van der Waals surface area contributed by atoms with E-state index in [0.29, 0.717) is 13.0 Å². The number of rotatable bonds is 11. The van der Waals surface area contributed by atoms with Crippen molar-refractivity contribution in [3.05, 3.63) is 35.9 Å². The minimum Gasteiger partial charge on any atom is -0.394 e. The number of nitrogens with one attached hydrogen (secondary N) is 2. The molecule has 1 aromatic carbocycles. The van der Waals surface area contributed by atoms with Gasteiger partial charge in [0.2, 0.25) is 17.7 Å². The Hall–Kier alpha value is -1.58. The van der Waals surface area contributed by atoms with E-state index >= 15 is 0 Å². The van der Waals surface area contributed by atoms with Crippen LogP contribution < -0.4 is 10.6 Å². The number of thioether (sulfide) groups is 1. The van der Waals surface area contributed by atoms with Gasteiger partial charge in [-0.05, 0) is 31.2 Å². The number of hydrogen-bond donors (Lipinski definition) is 3. The van der Waals surface area contributed by atoms with Gasteiger partial charge in [0.25, 0.3) is 0 Å². The Morgan fingerprint density at radius 2 is 1.92 bits per heavy atom. The maximum Gasteiger partial charge on any atom is 0.244 e. The third-order valence-electron chi connectivity index (χ3n) is 8.54. The summed E-state index contributed by atoms with van der Waals surface area (Å²) in [6.07, 6.45) is 3.19. The van der Waals surface area contributed by atoms with E-state index in [9.17, 15) is 19.5 Å². The van der Waals surface area contributed by atoms with Crippen LogP contribution in [-0.2, 0) is 20.9 Å². The number of likely N-dealkylation sites (tertiary alicyclic amines) is 1. The van der Waals surface area contributed by atoms with Crippen LogP contribution in [0.4, 0.5) is 0 Å². The molecule has 3 amide bonds. The standard InChI is InChI=1S/C28H40BrN3O4S/c1-5-10-17(4)31-26(35)24-28-13-19(29)23(37-28)21(25(34)30-14-18-11-8-7-9-12-18)22(28)27(36)32(24)20(15-33)16(3)6-2/h7-9,11-12,16-17,19-24,33H,5-6,10,13-15H2,1-4H3,(H,30,34)(H,31,35)/t16-,17?,19?,20-,21-,22-,23-,24?,28?/m0/s1. The largest absolute Gasteiger partial charge is 0.394 e. The van der Waals surface area contributed by atoms with E-state index in [1.807, 2.05) is 51.1 Å². The van der Waals surface area contributed by atoms with Gasteiger partial charge in [-0.15, -0.1) is 11.8 Å². The minimum atomic E-state index is -0.725. The molecule has 3 saturated heterocycles. The monoisotopic (exact) mass is 593 g/mol. The van der Waals surface area contributed by atoms with Crippen molar-refractivity contribution in [1.82, 2.24) is 15.5 Å². The van der Waals surface area contributed by atoms with Crippen LogP contribution >= 0.6 is 27.7 Å². The average molecular weight is 595 g/mol. The van der Waals surface area contributed by atoms with Crippen LogP contribution in [0.2, 0.25) is 0 Å². The second kappa shape index (κ2) is 11.7. The molecule has 37 heavy (non-hydrogen) atoms. The lowest BCUT2D eigenvalue weighted by molar-refractivity contribution is -0.144. The van der Waals surface area contributed by atoms with Crippen molar-refractivity contribution < 1.29 is 19.5 Å². The number of aliphatic hydroxyl groups excluding tert-OH is 1. The van der Waals surface area contributed by atoms with Crippen molar-refractivity contribution in [3.8, 4) is 0 Å².